The third-order valence-electron chi connectivity index (χ3n) is 2.24. The molecule has 0 aliphatic carbocycles. The summed E-state index contributed by atoms with van der Waals surface area (Å²) in [6, 6.07) is 0.210. The summed E-state index contributed by atoms with van der Waals surface area (Å²) in [5.41, 5.74) is 5.12. The summed E-state index contributed by atoms with van der Waals surface area (Å²) >= 11 is 0. The van der Waals surface area contributed by atoms with Gasteiger partial charge in [-0.15, -0.1) is 0 Å². The van der Waals surface area contributed by atoms with Gasteiger partial charge in [0.15, 0.2) is 11.6 Å². The minimum Gasteiger partial charge on any atom is -0.505 e. The van der Waals surface area contributed by atoms with Gasteiger partial charge in [0, 0.05) is 5.56 Å². The second-order valence-electron chi connectivity index (χ2n) is 3.58. The standard InChI is InChI=1S/C10H12F3NO2/c1-5-2-6(8(16)7(11)3-5)9(14)10(12,13)4-15/h2-3,9,15-16H,4,14H2,1H3/t9-/m1/s1. The molecule has 0 unspecified atom stereocenters. The van der Waals surface area contributed by atoms with Gasteiger partial charge < -0.3 is 15.9 Å². The van der Waals surface area contributed by atoms with Gasteiger partial charge in [-0.05, 0) is 18.6 Å². The van der Waals surface area contributed by atoms with E-state index in [1.54, 1.807) is 0 Å². The average molecular weight is 235 g/mol. The molecule has 0 saturated carbocycles. The van der Waals surface area contributed by atoms with Gasteiger partial charge in [-0.1, -0.05) is 6.07 Å². The summed E-state index contributed by atoms with van der Waals surface area (Å²) in [5.74, 6) is -5.54. The highest BCUT2D eigenvalue weighted by Crippen LogP contribution is 2.35. The number of phenolic OH excluding ortho intramolecular Hbond substituents is 1. The van der Waals surface area contributed by atoms with Gasteiger partial charge in [0.2, 0.25) is 0 Å². The monoisotopic (exact) mass is 235 g/mol. The SMILES string of the molecule is Cc1cc(F)c(O)c([C@@H](N)C(F)(F)CO)c1. The van der Waals surface area contributed by atoms with E-state index in [0.29, 0.717) is 5.56 Å². The van der Waals surface area contributed by atoms with Crippen LogP contribution in [0, 0.1) is 12.7 Å². The van der Waals surface area contributed by atoms with Crippen LogP contribution >= 0.6 is 0 Å². The van der Waals surface area contributed by atoms with Crippen LogP contribution in [0.2, 0.25) is 0 Å². The number of aryl methyl sites for hydroxylation is 1. The molecule has 0 spiro atoms. The fraction of sp³-hybridized carbons (Fsp3) is 0.400. The van der Waals surface area contributed by atoms with Crippen molar-refractivity contribution in [3.8, 4) is 5.75 Å². The summed E-state index contributed by atoms with van der Waals surface area (Å²) in [7, 11) is 0. The Bertz CT molecular complexity index is 396. The van der Waals surface area contributed by atoms with Crippen LogP contribution in [0.15, 0.2) is 12.1 Å². The Morgan fingerprint density at radius 2 is 2.00 bits per heavy atom. The van der Waals surface area contributed by atoms with Crippen LogP contribution < -0.4 is 5.73 Å². The van der Waals surface area contributed by atoms with E-state index >= 15 is 0 Å². The molecule has 90 valence electrons. The third kappa shape index (κ3) is 2.28. The molecule has 0 radical (unpaired) electrons. The first-order valence-electron chi connectivity index (χ1n) is 4.53. The number of phenols is 1. The first-order chi connectivity index (χ1) is 7.29. The zero-order chi connectivity index (χ0) is 12.5. The molecule has 0 aliphatic heterocycles. The van der Waals surface area contributed by atoms with Crippen LogP contribution in [0.1, 0.15) is 17.2 Å². The molecule has 0 bridgehead atoms. The van der Waals surface area contributed by atoms with Crippen LogP contribution in [0.5, 0.6) is 5.75 Å². The Kier molecular flexibility index (Phi) is 3.44. The maximum Gasteiger partial charge on any atom is 0.289 e. The quantitative estimate of drug-likeness (QED) is 0.743. The third-order valence-corrected chi connectivity index (χ3v) is 2.24. The number of nitrogens with two attached hydrogens (primary N) is 1. The Balaban J connectivity index is 3.23. The number of alkyl halides is 2. The fourth-order valence-corrected chi connectivity index (χ4v) is 1.32. The van der Waals surface area contributed by atoms with E-state index in [1.807, 2.05) is 0 Å². The number of aromatic hydroxyl groups is 1. The van der Waals surface area contributed by atoms with Crippen LogP contribution in [0.4, 0.5) is 13.2 Å². The van der Waals surface area contributed by atoms with E-state index in [1.165, 1.54) is 6.92 Å². The Morgan fingerprint density at radius 1 is 1.44 bits per heavy atom. The predicted molar refractivity (Wildman–Crippen MR) is 51.8 cm³/mol. The minimum absolute atomic E-state index is 0.356. The number of hydrogen-bond donors (Lipinski definition) is 3. The van der Waals surface area contributed by atoms with Gasteiger partial charge in [0.25, 0.3) is 5.92 Å². The predicted octanol–water partition coefficient (Wildman–Crippen LogP) is 1.47. The first-order valence-corrected chi connectivity index (χ1v) is 4.53. The second kappa shape index (κ2) is 4.31. The molecular formula is C10H12F3NO2. The van der Waals surface area contributed by atoms with Crippen molar-refractivity contribution in [1.82, 2.24) is 0 Å². The molecule has 1 aromatic rings. The maximum absolute atomic E-state index is 13.1. The van der Waals surface area contributed by atoms with Crippen molar-refractivity contribution >= 4 is 0 Å². The van der Waals surface area contributed by atoms with E-state index in [0.717, 1.165) is 12.1 Å². The molecule has 1 aromatic carbocycles. The smallest absolute Gasteiger partial charge is 0.289 e. The molecule has 4 N–H and O–H groups in total. The molecule has 16 heavy (non-hydrogen) atoms. The molecular weight excluding hydrogens is 223 g/mol. The van der Waals surface area contributed by atoms with Crippen molar-refractivity contribution in [1.29, 1.82) is 0 Å². The lowest BCUT2D eigenvalue weighted by molar-refractivity contribution is -0.0716. The van der Waals surface area contributed by atoms with E-state index in [9.17, 15) is 18.3 Å². The average Bonchev–Trinajstić information content (AvgIpc) is 2.22. The van der Waals surface area contributed by atoms with E-state index < -0.39 is 35.7 Å². The lowest BCUT2D eigenvalue weighted by Gasteiger charge is -2.22. The van der Waals surface area contributed by atoms with Crippen LogP contribution in [0.3, 0.4) is 0 Å². The molecule has 0 heterocycles. The van der Waals surface area contributed by atoms with E-state index in [4.69, 9.17) is 10.8 Å². The second-order valence-corrected chi connectivity index (χ2v) is 3.58. The van der Waals surface area contributed by atoms with Gasteiger partial charge in [-0.25, -0.2) is 13.2 Å². The van der Waals surface area contributed by atoms with Crippen molar-refractivity contribution in [3.63, 3.8) is 0 Å². The number of rotatable bonds is 3. The van der Waals surface area contributed by atoms with E-state index in [2.05, 4.69) is 0 Å². The highest BCUT2D eigenvalue weighted by atomic mass is 19.3. The largest absolute Gasteiger partial charge is 0.505 e. The van der Waals surface area contributed by atoms with Crippen LogP contribution in [0.25, 0.3) is 0 Å². The topological polar surface area (TPSA) is 66.5 Å². The number of hydrogen-bond acceptors (Lipinski definition) is 3. The number of aliphatic hydroxyl groups excluding tert-OH is 1. The molecule has 0 amide bonds. The molecule has 6 heteroatoms. The Hall–Kier alpha value is -1.27. The molecule has 0 saturated heterocycles. The highest BCUT2D eigenvalue weighted by Gasteiger charge is 2.39. The normalized spacial score (nSPS) is 13.9. The van der Waals surface area contributed by atoms with Gasteiger partial charge in [0.05, 0.1) is 0 Å². The molecule has 1 atom stereocenters. The van der Waals surface area contributed by atoms with Gasteiger partial charge in [-0.3, -0.25) is 0 Å². The molecule has 0 aromatic heterocycles. The number of aliphatic hydroxyl groups is 1. The number of halogens is 3. The maximum atomic E-state index is 13.1. The summed E-state index contributed by atoms with van der Waals surface area (Å²) in [5, 5.41) is 17.7. The van der Waals surface area contributed by atoms with Crippen molar-refractivity contribution in [3.05, 3.63) is 29.1 Å². The van der Waals surface area contributed by atoms with Crippen LogP contribution in [-0.4, -0.2) is 22.7 Å². The lowest BCUT2D eigenvalue weighted by Crippen LogP contribution is -2.36. The molecule has 1 rings (SSSR count). The van der Waals surface area contributed by atoms with Crippen molar-refractivity contribution in [2.75, 3.05) is 6.61 Å². The van der Waals surface area contributed by atoms with Crippen molar-refractivity contribution in [2.24, 2.45) is 5.73 Å². The lowest BCUT2D eigenvalue weighted by atomic mass is 9.98. The summed E-state index contributed by atoms with van der Waals surface area (Å²) in [4.78, 5) is 0. The summed E-state index contributed by atoms with van der Waals surface area (Å²) in [6.07, 6.45) is 0. The van der Waals surface area contributed by atoms with Gasteiger partial charge >= 0.3 is 0 Å². The van der Waals surface area contributed by atoms with Gasteiger partial charge in [0.1, 0.15) is 12.6 Å². The van der Waals surface area contributed by atoms with Crippen LogP contribution in [-0.2, 0) is 0 Å². The zero-order valence-electron chi connectivity index (χ0n) is 8.54. The molecule has 0 fully saturated rings. The fourth-order valence-electron chi connectivity index (χ4n) is 1.32. The van der Waals surface area contributed by atoms with E-state index in [-0.39, 0.29) is 0 Å². The summed E-state index contributed by atoms with van der Waals surface area (Å²) in [6.45, 7) is 0.0129. The van der Waals surface area contributed by atoms with Crippen molar-refractivity contribution in [2.45, 2.75) is 18.9 Å². The molecule has 0 aliphatic rings. The Morgan fingerprint density at radius 3 is 2.50 bits per heavy atom. The summed E-state index contributed by atoms with van der Waals surface area (Å²) < 4.78 is 39.2. The van der Waals surface area contributed by atoms with Gasteiger partial charge in [-0.2, -0.15) is 0 Å². The highest BCUT2D eigenvalue weighted by molar-refractivity contribution is 5.40. The van der Waals surface area contributed by atoms with Crippen molar-refractivity contribution < 1.29 is 23.4 Å². The first kappa shape index (κ1) is 12.8. The molecule has 3 nitrogen and oxygen atoms in total. The minimum atomic E-state index is -3.61. The Labute approximate surface area is 90.3 Å². The number of benzene rings is 1. The zero-order valence-corrected chi connectivity index (χ0v) is 8.54.